The summed E-state index contributed by atoms with van der Waals surface area (Å²) >= 11 is 0. The molecule has 2 heterocycles. The molecule has 0 amide bonds. The van der Waals surface area contributed by atoms with Crippen molar-refractivity contribution in [2.75, 3.05) is 38.7 Å². The smallest absolute Gasteiger partial charge is 0.230 e. The van der Waals surface area contributed by atoms with E-state index in [-0.39, 0.29) is 0 Å². The molecule has 1 aromatic heterocycles. The first kappa shape index (κ1) is 18.7. The molecule has 27 heavy (non-hydrogen) atoms. The molecule has 0 saturated carbocycles. The maximum absolute atomic E-state index is 5.40. The molecule has 8 heteroatoms. The van der Waals surface area contributed by atoms with Crippen molar-refractivity contribution in [2.45, 2.75) is 6.92 Å². The number of aliphatic imine (C=N–C) groups is 2. The van der Waals surface area contributed by atoms with Crippen LogP contribution in [0.15, 0.2) is 56.7 Å². The van der Waals surface area contributed by atoms with Crippen LogP contribution < -0.4 is 10.1 Å². The van der Waals surface area contributed by atoms with Crippen molar-refractivity contribution in [3.63, 3.8) is 0 Å². The molecule has 0 aliphatic carbocycles. The fourth-order valence-electron chi connectivity index (χ4n) is 2.69. The number of allylic oxidation sites excluding steroid dienone is 1. The summed E-state index contributed by atoms with van der Waals surface area (Å²) in [5.74, 6) is 2.33. The molecule has 0 radical (unpaired) electrons. The summed E-state index contributed by atoms with van der Waals surface area (Å²) in [5.41, 5.74) is 1.52. The molecule has 0 atom stereocenters. The minimum atomic E-state index is 0.471. The number of nitrogens with zero attached hydrogens (tertiary/aromatic N) is 4. The molecule has 1 aliphatic rings. The monoisotopic (exact) mass is 369 g/mol. The number of aromatic nitrogens is 1. The van der Waals surface area contributed by atoms with E-state index in [1.165, 1.54) is 0 Å². The van der Waals surface area contributed by atoms with Crippen LogP contribution in [0.2, 0.25) is 0 Å². The second kappa shape index (κ2) is 9.00. The number of ether oxygens (including phenoxy) is 2. The molecule has 8 nitrogen and oxygen atoms in total. The summed E-state index contributed by atoms with van der Waals surface area (Å²) < 4.78 is 16.1. The van der Waals surface area contributed by atoms with Crippen LogP contribution in [0.1, 0.15) is 6.92 Å². The Balaban J connectivity index is 1.76. The van der Waals surface area contributed by atoms with Gasteiger partial charge in [-0.2, -0.15) is 4.99 Å². The maximum atomic E-state index is 5.40. The van der Waals surface area contributed by atoms with Crippen molar-refractivity contribution in [3.05, 3.63) is 42.2 Å². The minimum Gasteiger partial charge on any atom is -0.496 e. The van der Waals surface area contributed by atoms with Crippen LogP contribution in [0.5, 0.6) is 5.75 Å². The van der Waals surface area contributed by atoms with Crippen molar-refractivity contribution in [1.82, 2.24) is 10.1 Å². The summed E-state index contributed by atoms with van der Waals surface area (Å²) in [6.07, 6.45) is 1.83. The highest BCUT2D eigenvalue weighted by Crippen LogP contribution is 2.30. The van der Waals surface area contributed by atoms with E-state index in [2.05, 4.69) is 27.2 Å². The lowest BCUT2D eigenvalue weighted by Crippen LogP contribution is -2.40. The predicted molar refractivity (Wildman–Crippen MR) is 105 cm³/mol. The normalized spacial score (nSPS) is 15.6. The minimum absolute atomic E-state index is 0.471. The molecule has 1 fully saturated rings. The summed E-state index contributed by atoms with van der Waals surface area (Å²) in [7, 11) is 1.63. The average Bonchev–Trinajstić information content (AvgIpc) is 3.20. The standard InChI is InChI=1S/C19H23N5O3/c1-4-17(22-19(20-2)24-9-11-26-12-10-24)21-18-13-15(23-27-18)14-7-5-6-8-16(14)25-3/h4-8,13,21H,2,9-12H2,1,3H3/b17-4-,22-19+. The first-order valence-electron chi connectivity index (χ1n) is 8.66. The molecule has 0 spiro atoms. The largest absolute Gasteiger partial charge is 0.496 e. The van der Waals surface area contributed by atoms with E-state index in [9.17, 15) is 0 Å². The van der Waals surface area contributed by atoms with Gasteiger partial charge in [0.1, 0.15) is 17.3 Å². The van der Waals surface area contributed by atoms with E-state index in [4.69, 9.17) is 14.0 Å². The van der Waals surface area contributed by atoms with Crippen LogP contribution >= 0.6 is 0 Å². The second-order valence-electron chi connectivity index (χ2n) is 5.74. The van der Waals surface area contributed by atoms with Gasteiger partial charge in [-0.25, -0.2) is 4.99 Å². The summed E-state index contributed by atoms with van der Waals surface area (Å²) in [4.78, 5) is 10.6. The van der Waals surface area contributed by atoms with Gasteiger partial charge < -0.3 is 24.2 Å². The van der Waals surface area contributed by atoms with Crippen LogP contribution in [-0.4, -0.2) is 56.1 Å². The SMILES string of the molecule is C=N/C(=N\C(=C/C)Nc1cc(-c2ccccc2OC)no1)N1CCOCC1. The third-order valence-corrected chi connectivity index (χ3v) is 4.07. The highest BCUT2D eigenvalue weighted by atomic mass is 16.5. The zero-order chi connectivity index (χ0) is 19.1. The number of nitrogens with one attached hydrogen (secondary N) is 1. The van der Waals surface area contributed by atoms with Crippen molar-refractivity contribution in [3.8, 4) is 17.0 Å². The fourth-order valence-corrected chi connectivity index (χ4v) is 2.69. The van der Waals surface area contributed by atoms with Gasteiger partial charge in [0, 0.05) is 24.7 Å². The summed E-state index contributed by atoms with van der Waals surface area (Å²) in [5, 5.41) is 7.23. The lowest BCUT2D eigenvalue weighted by atomic mass is 10.1. The van der Waals surface area contributed by atoms with Gasteiger partial charge in [0.15, 0.2) is 0 Å². The zero-order valence-electron chi connectivity index (χ0n) is 15.5. The van der Waals surface area contributed by atoms with E-state index in [0.29, 0.717) is 36.6 Å². The van der Waals surface area contributed by atoms with Gasteiger partial charge >= 0.3 is 0 Å². The molecule has 1 aliphatic heterocycles. The molecule has 142 valence electrons. The van der Waals surface area contributed by atoms with E-state index in [1.54, 1.807) is 13.2 Å². The summed E-state index contributed by atoms with van der Waals surface area (Å²) in [6.45, 7) is 8.27. The maximum Gasteiger partial charge on any atom is 0.230 e. The van der Waals surface area contributed by atoms with Gasteiger partial charge in [-0.3, -0.25) is 0 Å². The Morgan fingerprint density at radius 3 is 2.81 bits per heavy atom. The molecule has 1 saturated heterocycles. The van der Waals surface area contributed by atoms with Gasteiger partial charge in [0.25, 0.3) is 0 Å². The molecule has 1 aromatic carbocycles. The van der Waals surface area contributed by atoms with Gasteiger partial charge in [0.2, 0.25) is 11.8 Å². The van der Waals surface area contributed by atoms with Crippen molar-refractivity contribution in [2.24, 2.45) is 9.98 Å². The van der Waals surface area contributed by atoms with Crippen LogP contribution in [0.4, 0.5) is 5.88 Å². The number of anilines is 1. The van der Waals surface area contributed by atoms with Crippen LogP contribution in [0.25, 0.3) is 11.3 Å². The number of hydrogen-bond donors (Lipinski definition) is 1. The van der Waals surface area contributed by atoms with E-state index < -0.39 is 0 Å². The number of hydrogen-bond acceptors (Lipinski definition) is 6. The van der Waals surface area contributed by atoms with Gasteiger partial charge in [-0.1, -0.05) is 17.3 Å². The van der Waals surface area contributed by atoms with Crippen molar-refractivity contribution in [1.29, 1.82) is 0 Å². The lowest BCUT2D eigenvalue weighted by Gasteiger charge is -2.27. The van der Waals surface area contributed by atoms with Crippen LogP contribution in [0.3, 0.4) is 0 Å². The van der Waals surface area contributed by atoms with Crippen LogP contribution in [0, 0.1) is 0 Å². The average molecular weight is 369 g/mol. The predicted octanol–water partition coefficient (Wildman–Crippen LogP) is 3.01. The first-order chi connectivity index (χ1) is 13.2. The van der Waals surface area contributed by atoms with Crippen molar-refractivity contribution < 1.29 is 14.0 Å². The Morgan fingerprint density at radius 1 is 1.33 bits per heavy atom. The first-order valence-corrected chi connectivity index (χ1v) is 8.66. The Bertz CT molecular complexity index is 837. The topological polar surface area (TPSA) is 84.5 Å². The van der Waals surface area contributed by atoms with E-state index in [0.717, 1.165) is 24.4 Å². The van der Waals surface area contributed by atoms with E-state index in [1.807, 2.05) is 42.2 Å². The van der Waals surface area contributed by atoms with Gasteiger partial charge in [0.05, 0.1) is 20.3 Å². The van der Waals surface area contributed by atoms with Crippen LogP contribution in [-0.2, 0) is 4.74 Å². The zero-order valence-corrected chi connectivity index (χ0v) is 15.5. The quantitative estimate of drug-likeness (QED) is 0.644. The number of para-hydroxylation sites is 1. The molecule has 2 aromatic rings. The highest BCUT2D eigenvalue weighted by Gasteiger charge is 2.15. The third kappa shape index (κ3) is 4.53. The molecular formula is C19H23N5O3. The number of methoxy groups -OCH3 is 1. The number of benzene rings is 1. The lowest BCUT2D eigenvalue weighted by molar-refractivity contribution is 0.0676. The fraction of sp³-hybridized carbons (Fsp3) is 0.316. The van der Waals surface area contributed by atoms with Gasteiger partial charge in [-0.15, -0.1) is 0 Å². The Morgan fingerprint density at radius 2 is 2.11 bits per heavy atom. The van der Waals surface area contributed by atoms with E-state index >= 15 is 0 Å². The number of rotatable bonds is 5. The Labute approximate surface area is 158 Å². The van der Waals surface area contributed by atoms with Crippen molar-refractivity contribution >= 4 is 18.6 Å². The molecule has 1 N–H and O–H groups in total. The van der Waals surface area contributed by atoms with Gasteiger partial charge in [-0.05, 0) is 31.9 Å². The molecule has 0 unspecified atom stereocenters. The summed E-state index contributed by atoms with van der Waals surface area (Å²) in [6, 6.07) is 9.43. The number of guanidine groups is 1. The number of morpholine rings is 1. The molecule has 3 rings (SSSR count). The Kier molecular flexibility index (Phi) is 6.22. The Hall–Kier alpha value is -3.13. The molecule has 0 bridgehead atoms. The second-order valence-corrected chi connectivity index (χ2v) is 5.74. The highest BCUT2D eigenvalue weighted by molar-refractivity contribution is 5.85. The molecular weight excluding hydrogens is 346 g/mol. The third-order valence-electron chi connectivity index (χ3n) is 4.07.